The van der Waals surface area contributed by atoms with Crippen LogP contribution < -0.4 is 16.0 Å². The molecule has 0 aliphatic carbocycles. The number of nitrogens with zero attached hydrogens (tertiary/aromatic N) is 1. The lowest BCUT2D eigenvalue weighted by atomic mass is 10.1. The van der Waals surface area contributed by atoms with Crippen molar-refractivity contribution in [3.8, 4) is 0 Å². The molecule has 0 saturated heterocycles. The molecular weight excluding hydrogens is 262 g/mol. The van der Waals surface area contributed by atoms with E-state index in [0.717, 1.165) is 11.3 Å². The summed E-state index contributed by atoms with van der Waals surface area (Å²) >= 11 is 6.04. The summed E-state index contributed by atoms with van der Waals surface area (Å²) < 4.78 is 0. The van der Waals surface area contributed by atoms with Crippen molar-refractivity contribution < 1.29 is 4.79 Å². The van der Waals surface area contributed by atoms with Gasteiger partial charge in [0.2, 0.25) is 5.91 Å². The largest absolute Gasteiger partial charge is 0.368 e. The molecule has 3 N–H and O–H groups in total. The Hall–Kier alpha value is -1.26. The number of nitrogens with two attached hydrogens (primary N) is 1. The number of halogens is 1. The van der Waals surface area contributed by atoms with Crippen LogP contribution in [0.3, 0.4) is 0 Å². The third-order valence-corrected chi connectivity index (χ3v) is 2.89. The van der Waals surface area contributed by atoms with Gasteiger partial charge in [-0.25, -0.2) is 0 Å². The number of anilines is 1. The van der Waals surface area contributed by atoms with Crippen LogP contribution in [0.1, 0.15) is 26.3 Å². The highest BCUT2D eigenvalue weighted by Gasteiger charge is 2.13. The standard InChI is InChI=1S/C14H22ClN3O/c1-14(2,3)17-8-10-7-11(15)5-6-12(10)18(4)9-13(16)19/h5-7,17H,8-9H2,1-4H3,(H2,16,19). The molecule has 0 bridgehead atoms. The van der Waals surface area contributed by atoms with Crippen LogP contribution in [0, 0.1) is 0 Å². The van der Waals surface area contributed by atoms with Crippen molar-refractivity contribution in [3.05, 3.63) is 28.8 Å². The fourth-order valence-electron chi connectivity index (χ4n) is 1.75. The van der Waals surface area contributed by atoms with E-state index in [1.807, 2.05) is 30.1 Å². The van der Waals surface area contributed by atoms with Crippen molar-refractivity contribution in [1.29, 1.82) is 0 Å². The van der Waals surface area contributed by atoms with Crippen LogP contribution in [0.15, 0.2) is 18.2 Å². The van der Waals surface area contributed by atoms with E-state index in [1.54, 1.807) is 0 Å². The van der Waals surface area contributed by atoms with Gasteiger partial charge >= 0.3 is 0 Å². The van der Waals surface area contributed by atoms with E-state index < -0.39 is 0 Å². The first kappa shape index (κ1) is 15.8. The zero-order valence-electron chi connectivity index (χ0n) is 12.0. The summed E-state index contributed by atoms with van der Waals surface area (Å²) in [6.45, 7) is 7.17. The van der Waals surface area contributed by atoms with Crippen LogP contribution in [0.5, 0.6) is 0 Å². The zero-order valence-corrected chi connectivity index (χ0v) is 12.7. The van der Waals surface area contributed by atoms with E-state index in [0.29, 0.717) is 11.6 Å². The van der Waals surface area contributed by atoms with Gasteiger partial charge in [-0.3, -0.25) is 4.79 Å². The first-order valence-electron chi connectivity index (χ1n) is 6.22. The number of carbonyl (C=O) groups is 1. The summed E-state index contributed by atoms with van der Waals surface area (Å²) in [5, 5.41) is 4.09. The number of hydrogen-bond donors (Lipinski definition) is 2. The van der Waals surface area contributed by atoms with Crippen LogP contribution in [0.4, 0.5) is 5.69 Å². The third kappa shape index (κ3) is 5.49. The average Bonchev–Trinajstić information content (AvgIpc) is 2.24. The second kappa shape index (κ2) is 6.26. The maximum atomic E-state index is 11.0. The minimum absolute atomic E-state index is 0.0157. The smallest absolute Gasteiger partial charge is 0.236 e. The molecule has 0 atom stereocenters. The molecule has 1 aromatic rings. The Labute approximate surface area is 119 Å². The number of benzene rings is 1. The second-order valence-corrected chi connectivity index (χ2v) is 6.14. The Morgan fingerprint density at radius 2 is 2.05 bits per heavy atom. The van der Waals surface area contributed by atoms with E-state index in [9.17, 15) is 4.79 Å². The van der Waals surface area contributed by atoms with Gasteiger partial charge in [-0.15, -0.1) is 0 Å². The van der Waals surface area contributed by atoms with E-state index in [4.69, 9.17) is 17.3 Å². The monoisotopic (exact) mass is 283 g/mol. The normalized spacial score (nSPS) is 11.4. The number of hydrogen-bond acceptors (Lipinski definition) is 3. The van der Waals surface area contributed by atoms with Crippen LogP contribution in [-0.2, 0) is 11.3 Å². The molecular formula is C14H22ClN3O. The van der Waals surface area contributed by atoms with Crippen molar-refractivity contribution in [2.45, 2.75) is 32.9 Å². The van der Waals surface area contributed by atoms with Crippen molar-refractivity contribution >= 4 is 23.2 Å². The molecule has 19 heavy (non-hydrogen) atoms. The number of rotatable bonds is 5. The number of nitrogens with one attached hydrogen (secondary N) is 1. The first-order valence-corrected chi connectivity index (χ1v) is 6.60. The molecule has 106 valence electrons. The van der Waals surface area contributed by atoms with Gasteiger partial charge in [-0.2, -0.15) is 0 Å². The van der Waals surface area contributed by atoms with E-state index in [-0.39, 0.29) is 18.0 Å². The Kier molecular flexibility index (Phi) is 5.20. The Bertz CT molecular complexity index is 454. The maximum absolute atomic E-state index is 11.0. The van der Waals surface area contributed by atoms with Gasteiger partial charge in [0.15, 0.2) is 0 Å². The third-order valence-electron chi connectivity index (χ3n) is 2.65. The first-order chi connectivity index (χ1) is 8.69. The molecule has 0 aromatic heterocycles. The van der Waals surface area contributed by atoms with Gasteiger partial charge in [0.05, 0.1) is 6.54 Å². The quantitative estimate of drug-likeness (QED) is 0.870. The van der Waals surface area contributed by atoms with Gasteiger partial charge in [-0.1, -0.05) is 11.6 Å². The van der Waals surface area contributed by atoms with Gasteiger partial charge in [-0.05, 0) is 44.5 Å². The lowest BCUT2D eigenvalue weighted by molar-refractivity contribution is -0.116. The zero-order chi connectivity index (χ0) is 14.6. The van der Waals surface area contributed by atoms with Gasteiger partial charge in [0.1, 0.15) is 0 Å². The van der Waals surface area contributed by atoms with Crippen molar-refractivity contribution in [1.82, 2.24) is 5.32 Å². The molecule has 0 unspecified atom stereocenters. The summed E-state index contributed by atoms with van der Waals surface area (Å²) in [5.41, 5.74) is 7.25. The number of likely N-dealkylation sites (N-methyl/N-ethyl adjacent to an activating group) is 1. The molecule has 0 fully saturated rings. The van der Waals surface area contributed by atoms with Crippen LogP contribution >= 0.6 is 11.6 Å². The molecule has 0 spiro atoms. The number of amides is 1. The van der Waals surface area contributed by atoms with E-state index >= 15 is 0 Å². The molecule has 1 rings (SSSR count). The van der Waals surface area contributed by atoms with Gasteiger partial charge in [0, 0.05) is 29.8 Å². The van der Waals surface area contributed by atoms with Crippen LogP contribution in [0.2, 0.25) is 5.02 Å². The van der Waals surface area contributed by atoms with Crippen molar-refractivity contribution in [2.24, 2.45) is 5.73 Å². The Balaban J connectivity index is 2.94. The van der Waals surface area contributed by atoms with E-state index in [1.165, 1.54) is 0 Å². The lowest BCUT2D eigenvalue weighted by Crippen LogP contribution is -2.36. The molecule has 1 amide bonds. The minimum Gasteiger partial charge on any atom is -0.368 e. The summed E-state index contributed by atoms with van der Waals surface area (Å²) in [4.78, 5) is 12.8. The second-order valence-electron chi connectivity index (χ2n) is 5.70. The number of primary amides is 1. The Morgan fingerprint density at radius 1 is 1.42 bits per heavy atom. The molecule has 0 radical (unpaired) electrons. The Morgan fingerprint density at radius 3 is 2.58 bits per heavy atom. The van der Waals surface area contributed by atoms with Crippen molar-refractivity contribution in [2.75, 3.05) is 18.5 Å². The molecule has 0 aliphatic rings. The highest BCUT2D eigenvalue weighted by Crippen LogP contribution is 2.24. The SMILES string of the molecule is CN(CC(N)=O)c1ccc(Cl)cc1CNC(C)(C)C. The maximum Gasteiger partial charge on any atom is 0.236 e. The van der Waals surface area contributed by atoms with Crippen LogP contribution in [0.25, 0.3) is 0 Å². The van der Waals surface area contributed by atoms with Crippen molar-refractivity contribution in [3.63, 3.8) is 0 Å². The molecule has 0 heterocycles. The highest BCUT2D eigenvalue weighted by molar-refractivity contribution is 6.30. The predicted molar refractivity (Wildman–Crippen MR) is 80.5 cm³/mol. The average molecular weight is 284 g/mol. The summed E-state index contributed by atoms with van der Waals surface area (Å²) in [7, 11) is 1.84. The predicted octanol–water partition coefficient (Wildman–Crippen LogP) is 2.15. The lowest BCUT2D eigenvalue weighted by Gasteiger charge is -2.25. The summed E-state index contributed by atoms with van der Waals surface area (Å²) in [5.74, 6) is -0.354. The molecule has 0 saturated carbocycles. The number of carbonyl (C=O) groups excluding carboxylic acids is 1. The topological polar surface area (TPSA) is 58.4 Å². The molecule has 5 heteroatoms. The van der Waals surface area contributed by atoms with Gasteiger partial charge in [0.25, 0.3) is 0 Å². The molecule has 0 aliphatic heterocycles. The summed E-state index contributed by atoms with van der Waals surface area (Å²) in [6.07, 6.45) is 0. The van der Waals surface area contributed by atoms with E-state index in [2.05, 4.69) is 26.1 Å². The molecule has 1 aromatic carbocycles. The summed E-state index contributed by atoms with van der Waals surface area (Å²) in [6, 6.07) is 5.63. The van der Waals surface area contributed by atoms with Crippen LogP contribution in [-0.4, -0.2) is 25.0 Å². The fourth-order valence-corrected chi connectivity index (χ4v) is 1.94. The van der Waals surface area contributed by atoms with Gasteiger partial charge < -0.3 is 16.0 Å². The fraction of sp³-hybridized carbons (Fsp3) is 0.500. The minimum atomic E-state index is -0.354. The highest BCUT2D eigenvalue weighted by atomic mass is 35.5. The molecule has 4 nitrogen and oxygen atoms in total.